The van der Waals surface area contributed by atoms with Gasteiger partial charge in [0, 0.05) is 13.6 Å². The standard InChI is InChI=1S/C13H17ClFNO2/c1-8-5-9(10(14)6-11(8)15)12(17)16(4)7-13(2,3)18/h5-6,18H,7H2,1-4H3. The second-order valence-electron chi connectivity index (χ2n) is 5.05. The molecule has 18 heavy (non-hydrogen) atoms. The van der Waals surface area contributed by atoms with Crippen LogP contribution in [0.1, 0.15) is 29.8 Å². The molecule has 1 aromatic rings. The van der Waals surface area contributed by atoms with Gasteiger partial charge in [-0.25, -0.2) is 4.39 Å². The molecule has 0 atom stereocenters. The Morgan fingerprint density at radius 1 is 1.50 bits per heavy atom. The molecule has 3 nitrogen and oxygen atoms in total. The van der Waals surface area contributed by atoms with Gasteiger partial charge in [-0.2, -0.15) is 0 Å². The molecule has 0 fully saturated rings. The summed E-state index contributed by atoms with van der Waals surface area (Å²) in [6.07, 6.45) is 0. The smallest absolute Gasteiger partial charge is 0.255 e. The zero-order valence-electron chi connectivity index (χ0n) is 10.9. The molecule has 100 valence electrons. The van der Waals surface area contributed by atoms with E-state index < -0.39 is 11.4 Å². The Morgan fingerprint density at radius 2 is 2.06 bits per heavy atom. The van der Waals surface area contributed by atoms with E-state index in [4.69, 9.17) is 11.6 Å². The number of likely N-dealkylation sites (N-methyl/N-ethyl adjacent to an activating group) is 1. The molecular formula is C13H17ClFNO2. The third-order valence-electron chi connectivity index (χ3n) is 2.45. The molecule has 0 radical (unpaired) electrons. The quantitative estimate of drug-likeness (QED) is 0.920. The number of hydrogen-bond donors (Lipinski definition) is 1. The van der Waals surface area contributed by atoms with E-state index in [1.54, 1.807) is 27.8 Å². The average Bonchev–Trinajstić information content (AvgIpc) is 2.20. The number of aryl methyl sites for hydroxylation is 1. The lowest BCUT2D eigenvalue weighted by Gasteiger charge is -2.26. The number of carbonyl (C=O) groups is 1. The minimum absolute atomic E-state index is 0.0747. The van der Waals surface area contributed by atoms with Crippen LogP contribution in [0.5, 0.6) is 0 Å². The summed E-state index contributed by atoms with van der Waals surface area (Å²) in [6, 6.07) is 2.54. The molecule has 0 aliphatic rings. The molecule has 1 rings (SSSR count). The van der Waals surface area contributed by atoms with Crippen LogP contribution >= 0.6 is 11.6 Å². The largest absolute Gasteiger partial charge is 0.389 e. The van der Waals surface area contributed by atoms with Crippen LogP contribution in [0.15, 0.2) is 12.1 Å². The van der Waals surface area contributed by atoms with Crippen LogP contribution in [0.4, 0.5) is 4.39 Å². The third-order valence-corrected chi connectivity index (χ3v) is 2.76. The number of halogens is 2. The van der Waals surface area contributed by atoms with Crippen LogP contribution in [0, 0.1) is 12.7 Å². The number of carbonyl (C=O) groups excluding carboxylic acids is 1. The van der Waals surface area contributed by atoms with Crippen molar-refractivity contribution in [1.29, 1.82) is 0 Å². The van der Waals surface area contributed by atoms with Gasteiger partial charge in [0.05, 0.1) is 16.2 Å². The number of amides is 1. The molecular weight excluding hydrogens is 257 g/mol. The average molecular weight is 274 g/mol. The number of aliphatic hydroxyl groups is 1. The molecule has 1 N–H and O–H groups in total. The summed E-state index contributed by atoms with van der Waals surface area (Å²) in [5.74, 6) is -0.785. The first-order chi connectivity index (χ1) is 8.11. The van der Waals surface area contributed by atoms with Crippen molar-refractivity contribution >= 4 is 17.5 Å². The Bertz CT molecular complexity index is 469. The van der Waals surface area contributed by atoms with Gasteiger partial charge in [-0.1, -0.05) is 11.6 Å². The molecule has 0 saturated heterocycles. The van der Waals surface area contributed by atoms with Gasteiger partial charge in [-0.15, -0.1) is 0 Å². The van der Waals surface area contributed by atoms with Crippen LogP contribution in [-0.2, 0) is 0 Å². The van der Waals surface area contributed by atoms with E-state index in [1.807, 2.05) is 0 Å². The summed E-state index contributed by atoms with van der Waals surface area (Å²) in [4.78, 5) is 13.5. The lowest BCUT2D eigenvalue weighted by atomic mass is 10.1. The third kappa shape index (κ3) is 3.68. The Kier molecular flexibility index (Phi) is 4.35. The second kappa shape index (κ2) is 5.24. The fourth-order valence-electron chi connectivity index (χ4n) is 1.68. The maximum atomic E-state index is 13.2. The van der Waals surface area contributed by atoms with Crippen molar-refractivity contribution in [3.63, 3.8) is 0 Å². The fraction of sp³-hybridized carbons (Fsp3) is 0.462. The van der Waals surface area contributed by atoms with Crippen molar-refractivity contribution in [1.82, 2.24) is 4.90 Å². The zero-order valence-corrected chi connectivity index (χ0v) is 11.7. The Morgan fingerprint density at radius 3 is 2.56 bits per heavy atom. The molecule has 1 aromatic carbocycles. The molecule has 0 heterocycles. The molecule has 0 saturated carbocycles. The van der Waals surface area contributed by atoms with E-state index in [9.17, 15) is 14.3 Å². The van der Waals surface area contributed by atoms with E-state index in [0.717, 1.165) is 6.07 Å². The van der Waals surface area contributed by atoms with E-state index in [1.165, 1.54) is 11.0 Å². The Balaban J connectivity index is 3.01. The first kappa shape index (κ1) is 14.9. The first-order valence-electron chi connectivity index (χ1n) is 5.55. The van der Waals surface area contributed by atoms with Crippen molar-refractivity contribution in [2.45, 2.75) is 26.4 Å². The summed E-state index contributed by atoms with van der Waals surface area (Å²) in [5.41, 5.74) is -0.395. The number of hydrogen-bond acceptors (Lipinski definition) is 2. The predicted molar refractivity (Wildman–Crippen MR) is 69.4 cm³/mol. The Hall–Kier alpha value is -1.13. The van der Waals surface area contributed by atoms with E-state index >= 15 is 0 Å². The first-order valence-corrected chi connectivity index (χ1v) is 5.93. The van der Waals surface area contributed by atoms with Gasteiger partial charge in [-0.3, -0.25) is 4.79 Å². The van der Waals surface area contributed by atoms with E-state index in [0.29, 0.717) is 5.56 Å². The molecule has 0 aromatic heterocycles. The van der Waals surface area contributed by atoms with Crippen molar-refractivity contribution < 1.29 is 14.3 Å². The highest BCUT2D eigenvalue weighted by molar-refractivity contribution is 6.33. The summed E-state index contributed by atoms with van der Waals surface area (Å²) in [5, 5.41) is 9.74. The van der Waals surface area contributed by atoms with Crippen LogP contribution < -0.4 is 0 Å². The van der Waals surface area contributed by atoms with Crippen molar-refractivity contribution in [3.8, 4) is 0 Å². The highest BCUT2D eigenvalue weighted by Crippen LogP contribution is 2.22. The van der Waals surface area contributed by atoms with E-state index in [-0.39, 0.29) is 23.0 Å². The van der Waals surface area contributed by atoms with Crippen LogP contribution in [-0.4, -0.2) is 35.1 Å². The summed E-state index contributed by atoms with van der Waals surface area (Å²) in [6.45, 7) is 4.94. The maximum absolute atomic E-state index is 13.2. The lowest BCUT2D eigenvalue weighted by Crippen LogP contribution is -2.39. The molecule has 0 aliphatic heterocycles. The van der Waals surface area contributed by atoms with Gasteiger partial charge in [0.2, 0.25) is 0 Å². The van der Waals surface area contributed by atoms with E-state index in [2.05, 4.69) is 0 Å². The topological polar surface area (TPSA) is 40.5 Å². The van der Waals surface area contributed by atoms with Gasteiger partial charge in [0.15, 0.2) is 0 Å². The normalized spacial score (nSPS) is 11.5. The maximum Gasteiger partial charge on any atom is 0.255 e. The fourth-order valence-corrected chi connectivity index (χ4v) is 1.91. The van der Waals surface area contributed by atoms with Crippen LogP contribution in [0.2, 0.25) is 5.02 Å². The van der Waals surface area contributed by atoms with Crippen LogP contribution in [0.3, 0.4) is 0 Å². The van der Waals surface area contributed by atoms with Crippen LogP contribution in [0.25, 0.3) is 0 Å². The molecule has 0 bridgehead atoms. The van der Waals surface area contributed by atoms with Crippen molar-refractivity contribution in [2.24, 2.45) is 0 Å². The summed E-state index contributed by atoms with van der Waals surface area (Å²) < 4.78 is 13.2. The highest BCUT2D eigenvalue weighted by atomic mass is 35.5. The number of nitrogens with zero attached hydrogens (tertiary/aromatic N) is 1. The second-order valence-corrected chi connectivity index (χ2v) is 5.46. The molecule has 5 heteroatoms. The number of benzene rings is 1. The Labute approximate surface area is 111 Å². The molecule has 1 amide bonds. The van der Waals surface area contributed by atoms with Crippen molar-refractivity contribution in [3.05, 3.63) is 34.1 Å². The minimum atomic E-state index is -0.994. The summed E-state index contributed by atoms with van der Waals surface area (Å²) >= 11 is 5.86. The minimum Gasteiger partial charge on any atom is -0.389 e. The lowest BCUT2D eigenvalue weighted by molar-refractivity contribution is 0.0368. The van der Waals surface area contributed by atoms with Gasteiger partial charge in [-0.05, 0) is 38.5 Å². The molecule has 0 spiro atoms. The van der Waals surface area contributed by atoms with Gasteiger partial charge >= 0.3 is 0 Å². The molecule has 0 aliphatic carbocycles. The SMILES string of the molecule is Cc1cc(C(=O)N(C)CC(C)(C)O)c(Cl)cc1F. The van der Waals surface area contributed by atoms with Gasteiger partial charge in [0.25, 0.3) is 5.91 Å². The monoisotopic (exact) mass is 273 g/mol. The summed E-state index contributed by atoms with van der Waals surface area (Å²) in [7, 11) is 1.56. The number of rotatable bonds is 3. The predicted octanol–water partition coefficient (Wildman–Crippen LogP) is 2.63. The zero-order chi connectivity index (χ0) is 14.1. The molecule has 0 unspecified atom stereocenters. The van der Waals surface area contributed by atoms with Gasteiger partial charge < -0.3 is 10.0 Å². The van der Waals surface area contributed by atoms with Crippen molar-refractivity contribution in [2.75, 3.05) is 13.6 Å². The highest BCUT2D eigenvalue weighted by Gasteiger charge is 2.22. The van der Waals surface area contributed by atoms with Gasteiger partial charge in [0.1, 0.15) is 5.82 Å².